The number of benzene rings is 1. The summed E-state index contributed by atoms with van der Waals surface area (Å²) in [6, 6.07) is 6.06. The molecule has 0 radical (unpaired) electrons. The number of esters is 1. The molecule has 1 aliphatic heterocycles. The van der Waals surface area contributed by atoms with Gasteiger partial charge in [0.1, 0.15) is 5.75 Å². The van der Waals surface area contributed by atoms with Gasteiger partial charge in [0.15, 0.2) is 0 Å². The highest BCUT2D eigenvalue weighted by atomic mass is 16.5. The molecule has 1 fully saturated rings. The van der Waals surface area contributed by atoms with Crippen LogP contribution in [-0.4, -0.2) is 33.3 Å². The third-order valence-corrected chi connectivity index (χ3v) is 3.50. The van der Waals surface area contributed by atoms with Crippen LogP contribution in [0.2, 0.25) is 0 Å². The first-order valence-corrected chi connectivity index (χ1v) is 6.10. The monoisotopic (exact) mass is 249 g/mol. The van der Waals surface area contributed by atoms with Gasteiger partial charge in [-0.3, -0.25) is 4.79 Å². The number of methoxy groups -OCH3 is 2. The molecule has 2 rings (SSSR count). The summed E-state index contributed by atoms with van der Waals surface area (Å²) < 4.78 is 10.3. The molecule has 0 spiro atoms. The second-order valence-electron chi connectivity index (χ2n) is 4.64. The molecule has 98 valence electrons. The molecule has 1 saturated heterocycles. The molecule has 0 amide bonds. The van der Waals surface area contributed by atoms with Crippen molar-refractivity contribution < 1.29 is 14.3 Å². The van der Waals surface area contributed by atoms with Gasteiger partial charge < -0.3 is 14.8 Å². The van der Waals surface area contributed by atoms with Crippen LogP contribution in [0.4, 0.5) is 0 Å². The van der Waals surface area contributed by atoms with Gasteiger partial charge >= 0.3 is 5.97 Å². The van der Waals surface area contributed by atoms with Crippen molar-refractivity contribution >= 4 is 5.97 Å². The van der Waals surface area contributed by atoms with Crippen LogP contribution in [0.3, 0.4) is 0 Å². The van der Waals surface area contributed by atoms with E-state index < -0.39 is 0 Å². The Bertz CT molecular complexity index is 445. The number of rotatable bonds is 3. The average Bonchev–Trinajstić information content (AvgIpc) is 2.86. The van der Waals surface area contributed by atoms with Crippen molar-refractivity contribution in [2.45, 2.75) is 12.8 Å². The summed E-state index contributed by atoms with van der Waals surface area (Å²) in [5, 5.41) is 3.25. The van der Waals surface area contributed by atoms with Gasteiger partial charge in [0, 0.05) is 19.0 Å². The van der Waals surface area contributed by atoms with E-state index in [1.54, 1.807) is 7.11 Å². The van der Waals surface area contributed by atoms with Crippen LogP contribution in [0.25, 0.3) is 0 Å². The van der Waals surface area contributed by atoms with Gasteiger partial charge in [-0.1, -0.05) is 17.7 Å². The van der Waals surface area contributed by atoms with E-state index in [4.69, 9.17) is 9.47 Å². The largest absolute Gasteiger partial charge is 0.496 e. The summed E-state index contributed by atoms with van der Waals surface area (Å²) >= 11 is 0. The normalized spacial score (nSPS) is 22.8. The summed E-state index contributed by atoms with van der Waals surface area (Å²) in [6.45, 7) is 3.48. The minimum absolute atomic E-state index is 0.118. The van der Waals surface area contributed by atoms with E-state index in [1.165, 1.54) is 12.7 Å². The number of carbonyl (C=O) groups excluding carboxylic acids is 1. The van der Waals surface area contributed by atoms with Gasteiger partial charge in [-0.25, -0.2) is 0 Å². The number of aryl methyl sites for hydroxylation is 1. The molecule has 18 heavy (non-hydrogen) atoms. The standard InChI is InChI=1S/C14H19NO3/c1-9-4-5-13(17-2)10(6-9)11-7-15-8-12(11)14(16)18-3/h4-6,11-12,15H,7-8H2,1-3H3. The van der Waals surface area contributed by atoms with Crippen molar-refractivity contribution in [2.24, 2.45) is 5.92 Å². The Labute approximate surface area is 107 Å². The first-order chi connectivity index (χ1) is 8.67. The zero-order valence-corrected chi connectivity index (χ0v) is 11.0. The predicted molar refractivity (Wildman–Crippen MR) is 68.8 cm³/mol. The minimum atomic E-state index is -0.159. The van der Waals surface area contributed by atoms with Gasteiger partial charge in [-0.05, 0) is 18.6 Å². The second kappa shape index (κ2) is 5.40. The summed E-state index contributed by atoms with van der Waals surface area (Å²) in [6.07, 6.45) is 0. The fourth-order valence-corrected chi connectivity index (χ4v) is 2.55. The molecule has 1 aliphatic rings. The van der Waals surface area contributed by atoms with Crippen molar-refractivity contribution in [2.75, 3.05) is 27.3 Å². The summed E-state index contributed by atoms with van der Waals surface area (Å²) in [4.78, 5) is 11.8. The van der Waals surface area contributed by atoms with Crippen molar-refractivity contribution in [3.05, 3.63) is 29.3 Å². The van der Waals surface area contributed by atoms with Crippen LogP contribution in [0.15, 0.2) is 18.2 Å². The number of nitrogens with one attached hydrogen (secondary N) is 1. The summed E-state index contributed by atoms with van der Waals surface area (Å²) in [7, 11) is 3.09. The highest BCUT2D eigenvalue weighted by molar-refractivity contribution is 5.74. The van der Waals surface area contributed by atoms with Crippen molar-refractivity contribution in [1.82, 2.24) is 5.32 Å². The molecule has 0 bridgehead atoms. The fraction of sp³-hybridized carbons (Fsp3) is 0.500. The molecule has 0 aromatic heterocycles. The summed E-state index contributed by atoms with van der Waals surface area (Å²) in [5.74, 6) is 0.662. The molecule has 0 aliphatic carbocycles. The van der Waals surface area contributed by atoms with Gasteiger partial charge in [0.2, 0.25) is 0 Å². The maximum atomic E-state index is 11.8. The third kappa shape index (κ3) is 2.34. The molecular weight excluding hydrogens is 230 g/mol. The van der Waals surface area contributed by atoms with Gasteiger partial charge in [-0.15, -0.1) is 0 Å². The maximum Gasteiger partial charge on any atom is 0.310 e. The predicted octanol–water partition coefficient (Wildman–Crippen LogP) is 1.48. The van der Waals surface area contributed by atoms with E-state index in [0.29, 0.717) is 6.54 Å². The van der Waals surface area contributed by atoms with Crippen molar-refractivity contribution in [3.63, 3.8) is 0 Å². The molecule has 1 heterocycles. The van der Waals surface area contributed by atoms with E-state index >= 15 is 0 Å². The lowest BCUT2D eigenvalue weighted by Crippen LogP contribution is -2.23. The Balaban J connectivity index is 2.35. The van der Waals surface area contributed by atoms with Gasteiger partial charge in [0.25, 0.3) is 0 Å². The Morgan fingerprint density at radius 3 is 2.78 bits per heavy atom. The lowest BCUT2D eigenvalue weighted by atomic mass is 9.87. The van der Waals surface area contributed by atoms with Gasteiger partial charge in [-0.2, -0.15) is 0 Å². The molecule has 4 heteroatoms. The zero-order valence-electron chi connectivity index (χ0n) is 11.0. The number of hydrogen-bond donors (Lipinski definition) is 1. The van der Waals surface area contributed by atoms with E-state index in [0.717, 1.165) is 17.9 Å². The first-order valence-electron chi connectivity index (χ1n) is 6.10. The van der Waals surface area contributed by atoms with E-state index in [1.807, 2.05) is 19.1 Å². The van der Waals surface area contributed by atoms with Crippen molar-refractivity contribution in [3.8, 4) is 5.75 Å². The maximum absolute atomic E-state index is 11.8. The quantitative estimate of drug-likeness (QED) is 0.824. The van der Waals surface area contributed by atoms with E-state index in [2.05, 4.69) is 11.4 Å². The molecule has 4 nitrogen and oxygen atoms in total. The SMILES string of the molecule is COC(=O)C1CNCC1c1cc(C)ccc1OC. The van der Waals surface area contributed by atoms with Crippen molar-refractivity contribution in [1.29, 1.82) is 0 Å². The lowest BCUT2D eigenvalue weighted by molar-refractivity contribution is -0.145. The topological polar surface area (TPSA) is 47.6 Å². The Morgan fingerprint density at radius 1 is 1.33 bits per heavy atom. The smallest absolute Gasteiger partial charge is 0.310 e. The second-order valence-corrected chi connectivity index (χ2v) is 4.64. The molecule has 0 saturated carbocycles. The highest BCUT2D eigenvalue weighted by Crippen LogP contribution is 2.35. The molecule has 1 aromatic carbocycles. The molecule has 1 aromatic rings. The van der Waals surface area contributed by atoms with Crippen LogP contribution in [0.5, 0.6) is 5.75 Å². The fourth-order valence-electron chi connectivity index (χ4n) is 2.55. The minimum Gasteiger partial charge on any atom is -0.496 e. The molecule has 2 unspecified atom stereocenters. The Kier molecular flexibility index (Phi) is 3.87. The summed E-state index contributed by atoms with van der Waals surface area (Å²) in [5.41, 5.74) is 2.25. The first kappa shape index (κ1) is 12.9. The highest BCUT2D eigenvalue weighted by Gasteiger charge is 2.36. The van der Waals surface area contributed by atoms with E-state index in [9.17, 15) is 4.79 Å². The van der Waals surface area contributed by atoms with Crippen LogP contribution >= 0.6 is 0 Å². The number of ether oxygens (including phenoxy) is 2. The molecule has 1 N–H and O–H groups in total. The zero-order chi connectivity index (χ0) is 13.1. The number of hydrogen-bond acceptors (Lipinski definition) is 4. The number of carbonyl (C=O) groups is 1. The van der Waals surface area contributed by atoms with Crippen LogP contribution in [0.1, 0.15) is 17.0 Å². The molecule has 2 atom stereocenters. The van der Waals surface area contributed by atoms with Crippen LogP contribution in [-0.2, 0) is 9.53 Å². The Hall–Kier alpha value is -1.55. The Morgan fingerprint density at radius 2 is 2.11 bits per heavy atom. The average molecular weight is 249 g/mol. The third-order valence-electron chi connectivity index (χ3n) is 3.50. The van der Waals surface area contributed by atoms with Crippen LogP contribution in [0, 0.1) is 12.8 Å². The lowest BCUT2D eigenvalue weighted by Gasteiger charge is -2.19. The van der Waals surface area contributed by atoms with E-state index in [-0.39, 0.29) is 17.8 Å². The van der Waals surface area contributed by atoms with Crippen LogP contribution < -0.4 is 10.1 Å². The van der Waals surface area contributed by atoms with Gasteiger partial charge in [0.05, 0.1) is 20.1 Å². The molecular formula is C14H19NO3.